The molecule has 1 rings (SSSR count). The van der Waals surface area contributed by atoms with E-state index in [1.54, 1.807) is 6.20 Å². The molecule has 0 amide bonds. The third-order valence-corrected chi connectivity index (χ3v) is 0.915. The van der Waals surface area contributed by atoms with Crippen LogP contribution in [0.5, 0.6) is 0 Å². The van der Waals surface area contributed by atoms with Gasteiger partial charge in [0.15, 0.2) is 0 Å². The van der Waals surface area contributed by atoms with Crippen LogP contribution in [0.3, 0.4) is 0 Å². The summed E-state index contributed by atoms with van der Waals surface area (Å²) in [7, 11) is 4.85. The Balaban J connectivity index is 0.000000292. The highest BCUT2D eigenvalue weighted by atomic mass is 14.9. The van der Waals surface area contributed by atoms with E-state index in [1.807, 2.05) is 26.8 Å². The monoisotopic (exact) mass is 148 g/mol. The van der Waals surface area contributed by atoms with Gasteiger partial charge in [0, 0.05) is 11.9 Å². The second kappa shape index (κ2) is 5.89. The maximum atomic E-state index is 4.85. The summed E-state index contributed by atoms with van der Waals surface area (Å²) in [5, 5.41) is 0. The first-order chi connectivity index (χ1) is 5.20. The predicted octanol–water partition coefficient (Wildman–Crippen LogP) is 1.69. The van der Waals surface area contributed by atoms with E-state index in [-0.39, 0.29) is 0 Å². The Morgan fingerprint density at radius 1 is 1.45 bits per heavy atom. The van der Waals surface area contributed by atoms with E-state index in [1.165, 1.54) is 0 Å². The van der Waals surface area contributed by atoms with Crippen molar-refractivity contribution in [3.05, 3.63) is 23.8 Å². The third-order valence-electron chi connectivity index (χ3n) is 0.915. The molecule has 0 aliphatic heterocycles. The highest BCUT2D eigenvalue weighted by molar-refractivity contribution is 6.08. The van der Waals surface area contributed by atoms with E-state index in [2.05, 4.69) is 9.97 Å². The van der Waals surface area contributed by atoms with Gasteiger partial charge >= 0.3 is 0 Å². The molecule has 0 unspecified atom stereocenters. The van der Waals surface area contributed by atoms with Crippen LogP contribution in [0.4, 0.5) is 0 Å². The average Bonchev–Trinajstić information content (AvgIpc) is 1.88. The Kier molecular flexibility index (Phi) is 5.44. The van der Waals surface area contributed by atoms with Crippen LogP contribution in [0, 0.1) is 13.8 Å². The van der Waals surface area contributed by atoms with Crippen molar-refractivity contribution in [2.45, 2.75) is 27.1 Å². The molecule has 3 heteroatoms. The Morgan fingerprint density at radius 2 is 2.00 bits per heavy atom. The van der Waals surface area contributed by atoms with Crippen LogP contribution in [0.2, 0.25) is 6.32 Å². The van der Waals surface area contributed by atoms with Gasteiger partial charge in [0.05, 0.1) is 7.85 Å². The van der Waals surface area contributed by atoms with Crippen molar-refractivity contribution in [2.24, 2.45) is 0 Å². The van der Waals surface area contributed by atoms with Crippen LogP contribution in [0.1, 0.15) is 18.4 Å². The summed E-state index contributed by atoms with van der Waals surface area (Å²) in [5.74, 6) is 0.838. The van der Waals surface area contributed by atoms with Gasteiger partial charge in [-0.15, -0.1) is 0 Å². The van der Waals surface area contributed by atoms with Gasteiger partial charge in [-0.05, 0) is 19.9 Å². The van der Waals surface area contributed by atoms with E-state index in [9.17, 15) is 0 Å². The minimum atomic E-state index is 0.750. The summed E-state index contributed by atoms with van der Waals surface area (Å²) in [6.45, 7) is 5.74. The van der Waals surface area contributed by atoms with Crippen molar-refractivity contribution in [1.82, 2.24) is 9.97 Å². The van der Waals surface area contributed by atoms with Crippen molar-refractivity contribution in [2.75, 3.05) is 0 Å². The van der Waals surface area contributed by atoms with E-state index >= 15 is 0 Å². The maximum absolute atomic E-state index is 4.85. The largest absolute Gasteiger partial charge is 0.242 e. The fraction of sp³-hybridized carbons (Fsp3) is 0.500. The Labute approximate surface area is 69.5 Å². The Hall–Kier alpha value is -0.855. The van der Waals surface area contributed by atoms with Gasteiger partial charge in [-0.2, -0.15) is 0 Å². The molecule has 0 N–H and O–H groups in total. The lowest BCUT2D eigenvalue weighted by Gasteiger charge is -1.89. The average molecular weight is 148 g/mol. The Morgan fingerprint density at radius 3 is 2.27 bits per heavy atom. The molecule has 1 aromatic heterocycles. The molecule has 0 bridgehead atoms. The lowest BCUT2D eigenvalue weighted by Crippen LogP contribution is -1.86. The zero-order valence-electron chi connectivity index (χ0n) is 7.33. The van der Waals surface area contributed by atoms with Crippen molar-refractivity contribution >= 4 is 7.85 Å². The minimum Gasteiger partial charge on any atom is -0.242 e. The first-order valence-corrected chi connectivity index (χ1v) is 3.67. The normalized spacial score (nSPS) is 8.27. The standard InChI is InChI=1S/C6H8N2.C2H5B/c1-5-3-4-7-6(2)8-5;1-2-3/h3-4H,1-2H3;2H2,1H3. The van der Waals surface area contributed by atoms with Gasteiger partial charge in [-0.1, -0.05) is 13.2 Å². The third kappa shape index (κ3) is 5.58. The fourth-order valence-corrected chi connectivity index (χ4v) is 0.574. The molecule has 58 valence electrons. The smallest absolute Gasteiger partial charge is 0.125 e. The second-order valence-electron chi connectivity index (χ2n) is 2.15. The molecule has 0 fully saturated rings. The molecule has 0 spiro atoms. The number of aromatic nitrogens is 2. The molecule has 0 aliphatic carbocycles. The molecule has 0 saturated heterocycles. The topological polar surface area (TPSA) is 25.8 Å². The van der Waals surface area contributed by atoms with Crippen LogP contribution >= 0.6 is 0 Å². The number of hydrogen-bond acceptors (Lipinski definition) is 2. The van der Waals surface area contributed by atoms with Gasteiger partial charge in [0.1, 0.15) is 5.82 Å². The summed E-state index contributed by atoms with van der Waals surface area (Å²) in [6.07, 6.45) is 2.51. The first kappa shape index (κ1) is 10.1. The summed E-state index contributed by atoms with van der Waals surface area (Å²) >= 11 is 0. The van der Waals surface area contributed by atoms with E-state index in [0.29, 0.717) is 0 Å². The molecule has 2 nitrogen and oxygen atoms in total. The molecule has 1 aromatic rings. The van der Waals surface area contributed by atoms with Crippen LogP contribution in [0.25, 0.3) is 0 Å². The van der Waals surface area contributed by atoms with Crippen molar-refractivity contribution < 1.29 is 0 Å². The fourth-order valence-electron chi connectivity index (χ4n) is 0.574. The van der Waals surface area contributed by atoms with Gasteiger partial charge < -0.3 is 0 Å². The summed E-state index contributed by atoms with van der Waals surface area (Å²) < 4.78 is 0. The summed E-state index contributed by atoms with van der Waals surface area (Å²) in [6, 6.07) is 1.88. The molecule has 0 saturated carbocycles. The van der Waals surface area contributed by atoms with Gasteiger partial charge in [-0.25, -0.2) is 9.97 Å². The zero-order valence-corrected chi connectivity index (χ0v) is 7.33. The van der Waals surface area contributed by atoms with Gasteiger partial charge in [-0.3, -0.25) is 0 Å². The molecular formula is C8H13BN2. The van der Waals surface area contributed by atoms with Crippen LogP contribution in [0.15, 0.2) is 12.3 Å². The molecule has 2 radical (unpaired) electrons. The molecule has 0 atom stereocenters. The minimum absolute atomic E-state index is 0.750. The highest BCUT2D eigenvalue weighted by Gasteiger charge is 1.83. The molecule has 11 heavy (non-hydrogen) atoms. The van der Waals surface area contributed by atoms with E-state index in [0.717, 1.165) is 17.8 Å². The quantitative estimate of drug-likeness (QED) is 0.523. The van der Waals surface area contributed by atoms with E-state index < -0.39 is 0 Å². The second-order valence-corrected chi connectivity index (χ2v) is 2.15. The van der Waals surface area contributed by atoms with Crippen molar-refractivity contribution in [1.29, 1.82) is 0 Å². The lowest BCUT2D eigenvalue weighted by atomic mass is 10.1. The summed E-state index contributed by atoms with van der Waals surface area (Å²) in [4.78, 5) is 7.99. The van der Waals surface area contributed by atoms with Gasteiger partial charge in [0.25, 0.3) is 0 Å². The molecule has 1 heterocycles. The van der Waals surface area contributed by atoms with E-state index in [4.69, 9.17) is 7.85 Å². The Bertz CT molecular complexity index is 184. The van der Waals surface area contributed by atoms with Crippen LogP contribution in [-0.4, -0.2) is 17.8 Å². The van der Waals surface area contributed by atoms with Crippen LogP contribution < -0.4 is 0 Å². The van der Waals surface area contributed by atoms with Gasteiger partial charge in [0.2, 0.25) is 0 Å². The highest BCUT2D eigenvalue weighted by Crippen LogP contribution is 1.88. The number of hydrogen-bond donors (Lipinski definition) is 0. The van der Waals surface area contributed by atoms with Crippen molar-refractivity contribution in [3.63, 3.8) is 0 Å². The van der Waals surface area contributed by atoms with Crippen molar-refractivity contribution in [3.8, 4) is 0 Å². The molecule has 0 aromatic carbocycles. The molecule has 0 aliphatic rings. The molecular weight excluding hydrogens is 135 g/mol. The predicted molar refractivity (Wildman–Crippen MR) is 47.7 cm³/mol. The number of nitrogens with zero attached hydrogens (tertiary/aromatic N) is 2. The lowest BCUT2D eigenvalue weighted by molar-refractivity contribution is 1.01. The number of aryl methyl sites for hydroxylation is 2. The number of rotatable bonds is 0. The SMILES string of the molecule is Cc1ccnc(C)n1.[B]CC. The maximum Gasteiger partial charge on any atom is 0.125 e. The summed E-state index contributed by atoms with van der Waals surface area (Å²) in [5.41, 5.74) is 1.03. The first-order valence-electron chi connectivity index (χ1n) is 3.67. The van der Waals surface area contributed by atoms with Crippen LogP contribution in [-0.2, 0) is 0 Å². The zero-order chi connectivity index (χ0) is 8.69.